The minimum absolute atomic E-state index is 0.253. The fourth-order valence-corrected chi connectivity index (χ4v) is 2.54. The first-order valence-electron chi connectivity index (χ1n) is 6.61. The van der Waals surface area contributed by atoms with Crippen molar-refractivity contribution in [3.05, 3.63) is 34.9 Å². The van der Waals surface area contributed by atoms with Crippen LogP contribution in [-0.2, 0) is 11.3 Å². The van der Waals surface area contributed by atoms with E-state index in [-0.39, 0.29) is 5.97 Å². The van der Waals surface area contributed by atoms with Crippen LogP contribution in [0.3, 0.4) is 0 Å². The van der Waals surface area contributed by atoms with E-state index in [1.165, 1.54) is 45.0 Å². The molecular weight excluding hydrogens is 226 g/mol. The van der Waals surface area contributed by atoms with Gasteiger partial charge in [-0.1, -0.05) is 18.6 Å². The van der Waals surface area contributed by atoms with E-state index >= 15 is 0 Å². The van der Waals surface area contributed by atoms with Gasteiger partial charge in [0.15, 0.2) is 0 Å². The minimum atomic E-state index is -0.253. The summed E-state index contributed by atoms with van der Waals surface area (Å²) in [6.07, 6.45) is 3.97. The molecule has 0 saturated carbocycles. The summed E-state index contributed by atoms with van der Waals surface area (Å²) in [4.78, 5) is 14.0. The standard InChI is InChI=1S/C15H21NO2/c1-12-10-13(6-7-14(12)15(17)18-2)11-16-8-4-3-5-9-16/h6-7,10H,3-5,8-9,11H2,1-2H3. The summed E-state index contributed by atoms with van der Waals surface area (Å²) in [6.45, 7) is 5.34. The zero-order chi connectivity index (χ0) is 13.0. The molecule has 0 bridgehead atoms. The quantitative estimate of drug-likeness (QED) is 0.769. The average molecular weight is 247 g/mol. The summed E-state index contributed by atoms with van der Waals surface area (Å²) < 4.78 is 4.76. The fourth-order valence-electron chi connectivity index (χ4n) is 2.54. The van der Waals surface area contributed by atoms with E-state index in [9.17, 15) is 4.79 Å². The van der Waals surface area contributed by atoms with Crippen LogP contribution in [0, 0.1) is 6.92 Å². The second-order valence-corrected chi connectivity index (χ2v) is 4.98. The molecule has 1 aliphatic rings. The third kappa shape index (κ3) is 3.10. The maximum Gasteiger partial charge on any atom is 0.338 e. The molecule has 1 aromatic carbocycles. The van der Waals surface area contributed by atoms with Crippen molar-refractivity contribution in [3.63, 3.8) is 0 Å². The summed E-state index contributed by atoms with van der Waals surface area (Å²) in [7, 11) is 1.42. The molecule has 2 rings (SSSR count). The fraction of sp³-hybridized carbons (Fsp3) is 0.533. The first-order chi connectivity index (χ1) is 8.70. The number of carbonyl (C=O) groups excluding carboxylic acids is 1. The Bertz CT molecular complexity index is 423. The number of benzene rings is 1. The van der Waals surface area contributed by atoms with Gasteiger partial charge in [-0.15, -0.1) is 0 Å². The molecule has 0 radical (unpaired) electrons. The first kappa shape index (κ1) is 13.1. The van der Waals surface area contributed by atoms with Crippen molar-refractivity contribution >= 4 is 5.97 Å². The van der Waals surface area contributed by atoms with Gasteiger partial charge in [-0.3, -0.25) is 4.90 Å². The van der Waals surface area contributed by atoms with Crippen LogP contribution in [0.1, 0.15) is 40.7 Å². The third-order valence-electron chi connectivity index (χ3n) is 3.55. The molecule has 1 fully saturated rings. The molecule has 0 amide bonds. The lowest BCUT2D eigenvalue weighted by molar-refractivity contribution is 0.0600. The number of methoxy groups -OCH3 is 1. The number of piperidine rings is 1. The molecular formula is C15H21NO2. The number of esters is 1. The Kier molecular flexibility index (Phi) is 4.37. The molecule has 1 aliphatic heterocycles. The molecule has 1 aromatic rings. The highest BCUT2D eigenvalue weighted by Gasteiger charge is 2.13. The highest BCUT2D eigenvalue weighted by Crippen LogP contribution is 2.16. The number of aryl methyl sites for hydroxylation is 1. The zero-order valence-electron chi connectivity index (χ0n) is 11.2. The third-order valence-corrected chi connectivity index (χ3v) is 3.55. The van der Waals surface area contributed by atoms with Crippen LogP contribution in [0.2, 0.25) is 0 Å². The summed E-state index contributed by atoms with van der Waals surface area (Å²) in [6, 6.07) is 6.01. The van der Waals surface area contributed by atoms with E-state index in [0.717, 1.165) is 12.1 Å². The highest BCUT2D eigenvalue weighted by atomic mass is 16.5. The SMILES string of the molecule is COC(=O)c1ccc(CN2CCCCC2)cc1C. The van der Waals surface area contributed by atoms with Gasteiger partial charge in [-0.25, -0.2) is 4.79 Å². The summed E-state index contributed by atoms with van der Waals surface area (Å²) in [5.74, 6) is -0.253. The van der Waals surface area contributed by atoms with Crippen molar-refractivity contribution in [1.82, 2.24) is 4.90 Å². The molecule has 1 saturated heterocycles. The van der Waals surface area contributed by atoms with Gasteiger partial charge in [-0.2, -0.15) is 0 Å². The molecule has 1 heterocycles. The lowest BCUT2D eigenvalue weighted by atomic mass is 10.0. The van der Waals surface area contributed by atoms with Gasteiger partial charge >= 0.3 is 5.97 Å². The topological polar surface area (TPSA) is 29.5 Å². The van der Waals surface area contributed by atoms with Gasteiger partial charge in [0.05, 0.1) is 12.7 Å². The van der Waals surface area contributed by atoms with Crippen LogP contribution in [-0.4, -0.2) is 31.1 Å². The number of ether oxygens (including phenoxy) is 1. The van der Waals surface area contributed by atoms with Gasteiger partial charge in [0, 0.05) is 6.54 Å². The highest BCUT2D eigenvalue weighted by molar-refractivity contribution is 5.90. The van der Waals surface area contributed by atoms with E-state index in [1.54, 1.807) is 0 Å². The molecule has 0 unspecified atom stereocenters. The van der Waals surface area contributed by atoms with Crippen molar-refractivity contribution in [2.24, 2.45) is 0 Å². The molecule has 0 aliphatic carbocycles. The molecule has 0 aromatic heterocycles. The van der Waals surface area contributed by atoms with E-state index in [2.05, 4.69) is 11.0 Å². The zero-order valence-corrected chi connectivity index (χ0v) is 11.2. The smallest absolute Gasteiger partial charge is 0.338 e. The Morgan fingerprint density at radius 2 is 2.00 bits per heavy atom. The Morgan fingerprint density at radius 1 is 1.28 bits per heavy atom. The predicted octanol–water partition coefficient (Wildman–Crippen LogP) is 2.77. The Balaban J connectivity index is 2.06. The van der Waals surface area contributed by atoms with Gasteiger partial charge in [0.1, 0.15) is 0 Å². The van der Waals surface area contributed by atoms with Gasteiger partial charge in [0.2, 0.25) is 0 Å². The Labute approximate surface area is 109 Å². The van der Waals surface area contributed by atoms with Crippen LogP contribution in [0.5, 0.6) is 0 Å². The molecule has 98 valence electrons. The monoisotopic (exact) mass is 247 g/mol. The molecule has 3 nitrogen and oxygen atoms in total. The number of carbonyl (C=O) groups is 1. The molecule has 3 heteroatoms. The summed E-state index contributed by atoms with van der Waals surface area (Å²) in [5.41, 5.74) is 2.94. The summed E-state index contributed by atoms with van der Waals surface area (Å²) in [5, 5.41) is 0. The average Bonchev–Trinajstić information content (AvgIpc) is 2.39. The van der Waals surface area contributed by atoms with Gasteiger partial charge in [0.25, 0.3) is 0 Å². The molecule has 0 N–H and O–H groups in total. The number of likely N-dealkylation sites (tertiary alicyclic amines) is 1. The number of nitrogens with zero attached hydrogens (tertiary/aromatic N) is 1. The Hall–Kier alpha value is -1.35. The van der Waals surface area contributed by atoms with Crippen LogP contribution < -0.4 is 0 Å². The second kappa shape index (κ2) is 6.01. The minimum Gasteiger partial charge on any atom is -0.465 e. The molecule has 18 heavy (non-hydrogen) atoms. The lowest BCUT2D eigenvalue weighted by Gasteiger charge is -2.26. The van der Waals surface area contributed by atoms with Crippen LogP contribution in [0.4, 0.5) is 0 Å². The van der Waals surface area contributed by atoms with Gasteiger partial charge in [-0.05, 0) is 50.0 Å². The predicted molar refractivity (Wildman–Crippen MR) is 71.6 cm³/mol. The number of rotatable bonds is 3. The lowest BCUT2D eigenvalue weighted by Crippen LogP contribution is -2.29. The van der Waals surface area contributed by atoms with E-state index < -0.39 is 0 Å². The van der Waals surface area contributed by atoms with Crippen molar-refractivity contribution in [2.75, 3.05) is 20.2 Å². The van der Waals surface area contributed by atoms with Crippen molar-refractivity contribution in [2.45, 2.75) is 32.7 Å². The maximum atomic E-state index is 11.5. The maximum absolute atomic E-state index is 11.5. The molecule has 0 atom stereocenters. The number of hydrogen-bond donors (Lipinski definition) is 0. The molecule has 0 spiro atoms. The first-order valence-corrected chi connectivity index (χ1v) is 6.61. The largest absolute Gasteiger partial charge is 0.465 e. The van der Waals surface area contributed by atoms with E-state index in [0.29, 0.717) is 5.56 Å². The van der Waals surface area contributed by atoms with Crippen LogP contribution >= 0.6 is 0 Å². The second-order valence-electron chi connectivity index (χ2n) is 4.98. The normalized spacial score (nSPS) is 16.6. The van der Waals surface area contributed by atoms with Crippen LogP contribution in [0.25, 0.3) is 0 Å². The Morgan fingerprint density at radius 3 is 2.61 bits per heavy atom. The summed E-state index contributed by atoms with van der Waals surface area (Å²) >= 11 is 0. The number of hydrogen-bond acceptors (Lipinski definition) is 3. The van der Waals surface area contributed by atoms with Gasteiger partial charge < -0.3 is 4.74 Å². The van der Waals surface area contributed by atoms with Crippen molar-refractivity contribution < 1.29 is 9.53 Å². The van der Waals surface area contributed by atoms with E-state index in [1.807, 2.05) is 19.1 Å². The van der Waals surface area contributed by atoms with Crippen molar-refractivity contribution in [3.8, 4) is 0 Å². The van der Waals surface area contributed by atoms with E-state index in [4.69, 9.17) is 4.74 Å². The van der Waals surface area contributed by atoms with Crippen LogP contribution in [0.15, 0.2) is 18.2 Å². The van der Waals surface area contributed by atoms with Crippen molar-refractivity contribution in [1.29, 1.82) is 0 Å².